The summed E-state index contributed by atoms with van der Waals surface area (Å²) in [5, 5.41) is 13.2. The number of ether oxygens (including phenoxy) is 2. The van der Waals surface area contributed by atoms with Gasteiger partial charge in [-0.3, -0.25) is 32.8 Å². The fraction of sp³-hybridized carbons (Fsp3) is 0.500. The lowest BCUT2D eigenvalue weighted by atomic mass is 10.2. The van der Waals surface area contributed by atoms with Crippen LogP contribution in [0.15, 0.2) is 46.1 Å². The molecule has 0 bridgehead atoms. The van der Waals surface area contributed by atoms with E-state index in [1.165, 1.54) is 20.2 Å². The maximum absolute atomic E-state index is 13.6. The first kappa shape index (κ1) is 32.3. The van der Waals surface area contributed by atoms with Crippen LogP contribution < -0.4 is 20.9 Å². The van der Waals surface area contributed by atoms with E-state index in [0.717, 1.165) is 4.57 Å². The van der Waals surface area contributed by atoms with Crippen LogP contribution >= 0.6 is 15.4 Å². The van der Waals surface area contributed by atoms with E-state index in [1.54, 1.807) is 39.7 Å². The molecule has 0 amide bonds. The number of rotatable bonds is 13. The average Bonchev–Trinajstić information content (AvgIpc) is 3.92. The topological polar surface area (TPSA) is 190 Å². The molecule has 16 nitrogen and oxygen atoms in total. The van der Waals surface area contributed by atoms with Gasteiger partial charge in [0, 0.05) is 38.8 Å². The minimum atomic E-state index is -4.21. The number of aromatic amines is 1. The lowest BCUT2D eigenvalue weighted by Gasteiger charge is -2.24. The van der Waals surface area contributed by atoms with Crippen molar-refractivity contribution in [1.29, 1.82) is 0 Å². The number of methoxy groups -OCH3 is 1. The zero-order chi connectivity index (χ0) is 31.5. The number of carbonyl (C=O) groups is 1. The Morgan fingerprint density at radius 2 is 1.84 bits per heavy atom. The number of nitrogens with one attached hydrogen (secondary N) is 2. The normalized spacial score (nSPS) is 23.7. The Labute approximate surface area is 252 Å². The number of aliphatic hydroxyl groups excluding tert-OH is 1. The predicted octanol–water partition coefficient (Wildman–Crippen LogP) is 0.647. The number of benzene rings is 1. The van der Waals surface area contributed by atoms with Crippen LogP contribution in [0.5, 0.6) is 5.75 Å². The second kappa shape index (κ2) is 13.5. The maximum atomic E-state index is 13.6. The van der Waals surface area contributed by atoms with Crippen LogP contribution in [0.1, 0.15) is 25.1 Å². The fourth-order valence-corrected chi connectivity index (χ4v) is 7.97. The largest absolute Gasteiger partial charge is 0.468 e. The van der Waals surface area contributed by atoms with E-state index in [4.69, 9.17) is 18.3 Å². The SMILES string of the molecule is COC(=O)C(C)NP(=O)(OC[C@H]1OC(n2cc(C#CCOP(=O)(N3CC3)N3CC3)c(=O)[nH]c2=O)CC1O)Oc1ccccc1. The second-order valence-corrected chi connectivity index (χ2v) is 14.3. The number of carbonyl (C=O) groups excluding carboxylic acids is 1. The highest BCUT2D eigenvalue weighted by Crippen LogP contribution is 2.60. The quantitative estimate of drug-likeness (QED) is 0.118. The highest BCUT2D eigenvalue weighted by Gasteiger charge is 2.49. The fourth-order valence-electron chi connectivity index (χ4n) is 4.36. The molecule has 0 aliphatic carbocycles. The van der Waals surface area contributed by atoms with Crippen molar-refractivity contribution in [3.63, 3.8) is 0 Å². The number of aliphatic hydroxyl groups is 1. The standard InChI is InChI=1S/C26H33N5O11P2/c1-18(25(34)38-2)28-43(36,42-20-8-4-3-5-9-20)40-17-22-21(32)15-23(41-22)31-16-19(24(33)27-26(31)35)7-6-14-39-44(37,29-10-11-29)30-12-13-30/h3-5,8-9,16,18,21-23,32H,10-15,17H2,1-2H3,(H,28,36)(H,27,33,35)/t18?,21?,22-,23?,43?/m1/s1. The Morgan fingerprint density at radius 1 is 1.16 bits per heavy atom. The van der Waals surface area contributed by atoms with Gasteiger partial charge in [0.15, 0.2) is 0 Å². The van der Waals surface area contributed by atoms with E-state index in [2.05, 4.69) is 26.6 Å². The zero-order valence-electron chi connectivity index (χ0n) is 24.0. The monoisotopic (exact) mass is 653 g/mol. The summed E-state index contributed by atoms with van der Waals surface area (Å²) in [5.41, 5.74) is -1.60. The zero-order valence-corrected chi connectivity index (χ0v) is 25.8. The number of esters is 1. The molecule has 5 rings (SSSR count). The molecule has 2 aromatic rings. The third kappa shape index (κ3) is 7.76. The summed E-state index contributed by atoms with van der Waals surface area (Å²) in [6.45, 7) is 3.53. The first-order valence-electron chi connectivity index (χ1n) is 13.8. The van der Waals surface area contributed by atoms with Gasteiger partial charge in [0.25, 0.3) is 5.56 Å². The molecular formula is C26H33N5O11P2. The van der Waals surface area contributed by atoms with Crippen LogP contribution in [-0.2, 0) is 32.4 Å². The molecule has 3 N–H and O–H groups in total. The van der Waals surface area contributed by atoms with Crippen LogP contribution in [-0.4, -0.2) is 94.7 Å². The Bertz CT molecular complexity index is 1610. The number of nitrogens with zero attached hydrogens (tertiary/aromatic N) is 3. The molecule has 1 aromatic carbocycles. The van der Waals surface area contributed by atoms with Crippen molar-refractivity contribution in [2.24, 2.45) is 0 Å². The van der Waals surface area contributed by atoms with Gasteiger partial charge in [-0.25, -0.2) is 18.7 Å². The van der Waals surface area contributed by atoms with Crippen molar-refractivity contribution in [3.8, 4) is 17.6 Å². The molecule has 5 atom stereocenters. The number of aromatic nitrogens is 2. The van der Waals surface area contributed by atoms with Gasteiger partial charge in [0.05, 0.1) is 19.8 Å². The van der Waals surface area contributed by atoms with E-state index in [9.17, 15) is 28.6 Å². The molecule has 0 spiro atoms. The predicted molar refractivity (Wildman–Crippen MR) is 155 cm³/mol. The molecule has 3 fully saturated rings. The van der Waals surface area contributed by atoms with E-state index in [-0.39, 0.29) is 24.3 Å². The van der Waals surface area contributed by atoms with E-state index < -0.39 is 63.7 Å². The van der Waals surface area contributed by atoms with Crippen molar-refractivity contribution in [2.45, 2.75) is 37.8 Å². The van der Waals surface area contributed by atoms with Crippen molar-refractivity contribution < 1.29 is 42.1 Å². The lowest BCUT2D eigenvalue weighted by Crippen LogP contribution is -2.36. The molecule has 0 radical (unpaired) electrons. The Balaban J connectivity index is 1.25. The molecule has 4 unspecified atom stereocenters. The summed E-state index contributed by atoms with van der Waals surface area (Å²) >= 11 is 0. The van der Waals surface area contributed by atoms with Crippen molar-refractivity contribution in [2.75, 3.05) is 46.5 Å². The van der Waals surface area contributed by atoms with Crippen LogP contribution in [0.3, 0.4) is 0 Å². The number of hydrogen-bond acceptors (Lipinski definition) is 11. The van der Waals surface area contributed by atoms with Gasteiger partial charge in [-0.05, 0) is 19.1 Å². The van der Waals surface area contributed by atoms with Crippen LogP contribution in [0.25, 0.3) is 0 Å². The lowest BCUT2D eigenvalue weighted by molar-refractivity contribution is -0.142. The molecule has 4 heterocycles. The summed E-state index contributed by atoms with van der Waals surface area (Å²) in [6, 6.07) is 7.06. The second-order valence-electron chi connectivity index (χ2n) is 10.2. The minimum absolute atomic E-state index is 0.0685. The van der Waals surface area contributed by atoms with Gasteiger partial charge in [0.2, 0.25) is 0 Å². The average molecular weight is 654 g/mol. The van der Waals surface area contributed by atoms with Crippen molar-refractivity contribution in [1.82, 2.24) is 24.0 Å². The van der Waals surface area contributed by atoms with Crippen molar-refractivity contribution in [3.05, 3.63) is 62.9 Å². The van der Waals surface area contributed by atoms with Crippen LogP contribution in [0.4, 0.5) is 0 Å². The smallest absolute Gasteiger partial charge is 0.459 e. The van der Waals surface area contributed by atoms with Crippen molar-refractivity contribution >= 4 is 21.4 Å². The first-order chi connectivity index (χ1) is 21.0. The summed E-state index contributed by atoms with van der Waals surface area (Å²) < 4.78 is 58.3. The molecule has 3 saturated heterocycles. The molecule has 238 valence electrons. The van der Waals surface area contributed by atoms with Gasteiger partial charge < -0.3 is 19.1 Å². The van der Waals surface area contributed by atoms with Gasteiger partial charge in [0.1, 0.15) is 36.3 Å². The molecule has 44 heavy (non-hydrogen) atoms. The summed E-state index contributed by atoms with van der Waals surface area (Å²) in [4.78, 5) is 39.2. The van der Waals surface area contributed by atoms with Gasteiger partial charge >= 0.3 is 27.1 Å². The maximum Gasteiger partial charge on any atom is 0.459 e. The Kier molecular flexibility index (Phi) is 9.91. The number of hydrogen-bond donors (Lipinski definition) is 3. The third-order valence-electron chi connectivity index (χ3n) is 6.86. The molecule has 3 aliphatic heterocycles. The summed E-state index contributed by atoms with van der Waals surface area (Å²) in [7, 11) is -6.10. The number of H-pyrrole nitrogens is 1. The molecule has 3 aliphatic rings. The highest BCUT2D eigenvalue weighted by molar-refractivity contribution is 7.54. The Hall–Kier alpha value is -3.09. The highest BCUT2D eigenvalue weighted by atomic mass is 31.2. The minimum Gasteiger partial charge on any atom is -0.468 e. The van der Waals surface area contributed by atoms with E-state index >= 15 is 0 Å². The van der Waals surface area contributed by atoms with Gasteiger partial charge in [-0.1, -0.05) is 30.0 Å². The summed E-state index contributed by atoms with van der Waals surface area (Å²) in [6.07, 6.45) is -2.11. The Morgan fingerprint density at radius 3 is 2.48 bits per heavy atom. The first-order valence-corrected chi connectivity index (χ1v) is 16.9. The molecular weight excluding hydrogens is 620 g/mol. The van der Waals surface area contributed by atoms with E-state index in [0.29, 0.717) is 26.2 Å². The van der Waals surface area contributed by atoms with Gasteiger partial charge in [-0.15, -0.1) is 0 Å². The molecule has 18 heteroatoms. The summed E-state index contributed by atoms with van der Waals surface area (Å²) in [5.74, 6) is 4.80. The molecule has 0 saturated carbocycles. The van der Waals surface area contributed by atoms with Gasteiger partial charge in [-0.2, -0.15) is 5.09 Å². The molecule has 1 aromatic heterocycles. The van der Waals surface area contributed by atoms with Crippen LogP contribution in [0, 0.1) is 11.8 Å². The number of para-hydroxylation sites is 1. The van der Waals surface area contributed by atoms with E-state index in [1.807, 2.05) is 0 Å². The van der Waals surface area contributed by atoms with Crippen LogP contribution in [0.2, 0.25) is 0 Å². The third-order valence-corrected chi connectivity index (χ3v) is 11.2.